The number of anilines is 3. The molecule has 2 saturated heterocycles. The first-order chi connectivity index (χ1) is 17.6. The van der Waals surface area contributed by atoms with Crippen LogP contribution >= 0.6 is 0 Å². The molecule has 0 aromatic heterocycles. The number of hydrazine groups is 1. The van der Waals surface area contributed by atoms with Crippen molar-refractivity contribution in [1.29, 1.82) is 0 Å². The maximum atomic E-state index is 15.2. The first kappa shape index (κ1) is 25.1. The number of carbonyl (C=O) groups is 2. The van der Waals surface area contributed by atoms with E-state index in [1.165, 1.54) is 0 Å². The fourth-order valence-corrected chi connectivity index (χ4v) is 4.84. The number of nitrogens with zero attached hydrogens (tertiary/aromatic N) is 3. The maximum Gasteiger partial charge on any atom is 0.415 e. The Kier molecular flexibility index (Phi) is 6.58. The number of halogens is 4. The molecule has 2 amide bonds. The highest BCUT2D eigenvalue weighted by molar-refractivity contribution is 5.91. The highest BCUT2D eigenvalue weighted by atomic mass is 19.3. The molecule has 1 aliphatic carbocycles. The normalized spacial score (nSPS) is 23.9. The molecule has 198 valence electrons. The van der Waals surface area contributed by atoms with Crippen LogP contribution in [0.4, 0.5) is 39.4 Å². The minimum atomic E-state index is -3.19. The number of rotatable bonds is 6. The van der Waals surface area contributed by atoms with E-state index in [0.29, 0.717) is 38.4 Å². The van der Waals surface area contributed by atoms with E-state index in [0.717, 1.165) is 22.6 Å². The Morgan fingerprint density at radius 1 is 1.19 bits per heavy atom. The number of ether oxygens (including phenoxy) is 1. The van der Waals surface area contributed by atoms with E-state index >= 15 is 8.78 Å². The van der Waals surface area contributed by atoms with Gasteiger partial charge in [-0.1, -0.05) is 12.1 Å². The van der Waals surface area contributed by atoms with Crippen LogP contribution in [0.3, 0.4) is 0 Å². The standard InChI is InChI=1S/C24H26F4N6O3/c25-17-9-16(34-13-24(37-23(34)36)11-19(24)31-22(35)21(27)28)10-18(26)20(17)32-5-4-30-33(7-6-32)12-14-2-1-3-15(29)8-14/h1-3,8-10,19,21,30H,4-7,11-13,29H2,(H,31,35). The van der Waals surface area contributed by atoms with E-state index in [2.05, 4.69) is 10.7 Å². The van der Waals surface area contributed by atoms with Crippen LogP contribution in [0.25, 0.3) is 0 Å². The minimum Gasteiger partial charge on any atom is -0.438 e. The van der Waals surface area contributed by atoms with Crippen LogP contribution in [0.2, 0.25) is 0 Å². The number of amides is 2. The van der Waals surface area contributed by atoms with Gasteiger partial charge in [-0.05, 0) is 17.7 Å². The fraction of sp³-hybridized carbons (Fsp3) is 0.417. The molecule has 3 aliphatic rings. The molecule has 1 saturated carbocycles. The minimum absolute atomic E-state index is 0.0531. The third kappa shape index (κ3) is 5.14. The molecule has 2 unspecified atom stereocenters. The number of nitrogen functional groups attached to an aromatic ring is 1. The average molecular weight is 523 g/mol. The Hall–Kier alpha value is -3.58. The first-order valence-electron chi connectivity index (χ1n) is 11.8. The van der Waals surface area contributed by atoms with Gasteiger partial charge in [0.25, 0.3) is 5.91 Å². The predicted molar refractivity (Wildman–Crippen MR) is 127 cm³/mol. The molecule has 2 heterocycles. The van der Waals surface area contributed by atoms with Gasteiger partial charge in [0.1, 0.15) is 5.69 Å². The second kappa shape index (κ2) is 9.71. The largest absolute Gasteiger partial charge is 0.438 e. The fourth-order valence-electron chi connectivity index (χ4n) is 4.84. The Morgan fingerprint density at radius 2 is 1.95 bits per heavy atom. The summed E-state index contributed by atoms with van der Waals surface area (Å²) in [5.41, 5.74) is 9.31. The summed E-state index contributed by atoms with van der Waals surface area (Å²) < 4.78 is 60.7. The summed E-state index contributed by atoms with van der Waals surface area (Å²) in [6.07, 6.45) is -3.92. The lowest BCUT2D eigenvalue weighted by Crippen LogP contribution is -2.38. The lowest BCUT2D eigenvalue weighted by molar-refractivity contribution is -0.132. The molecule has 4 N–H and O–H groups in total. The number of nitrogens with one attached hydrogen (secondary N) is 2. The highest BCUT2D eigenvalue weighted by Gasteiger charge is 2.64. The summed E-state index contributed by atoms with van der Waals surface area (Å²) in [4.78, 5) is 26.3. The van der Waals surface area contributed by atoms with Crippen molar-refractivity contribution >= 4 is 29.1 Å². The molecular weight excluding hydrogens is 496 g/mol. The summed E-state index contributed by atoms with van der Waals surface area (Å²) in [6.45, 7) is 2.09. The van der Waals surface area contributed by atoms with E-state index in [1.807, 2.05) is 23.2 Å². The van der Waals surface area contributed by atoms with E-state index in [-0.39, 0.29) is 24.3 Å². The van der Waals surface area contributed by atoms with Crippen molar-refractivity contribution in [2.75, 3.05) is 48.3 Å². The zero-order chi connectivity index (χ0) is 26.3. The Balaban J connectivity index is 1.25. The van der Waals surface area contributed by atoms with Gasteiger partial charge in [-0.15, -0.1) is 0 Å². The van der Waals surface area contributed by atoms with Crippen molar-refractivity contribution < 1.29 is 31.9 Å². The maximum absolute atomic E-state index is 15.2. The number of alkyl halides is 2. The van der Waals surface area contributed by atoms with Gasteiger partial charge in [-0.3, -0.25) is 15.1 Å². The molecule has 2 aromatic carbocycles. The molecule has 0 bridgehead atoms. The number of nitrogens with two attached hydrogens (primary N) is 1. The van der Waals surface area contributed by atoms with Gasteiger partial charge in [0.15, 0.2) is 17.2 Å². The van der Waals surface area contributed by atoms with Crippen molar-refractivity contribution in [2.45, 2.75) is 31.0 Å². The molecule has 3 fully saturated rings. The summed E-state index contributed by atoms with van der Waals surface area (Å²) in [6, 6.07) is 8.80. The second-order valence-electron chi connectivity index (χ2n) is 9.40. The zero-order valence-corrected chi connectivity index (χ0v) is 19.7. The molecule has 13 heteroatoms. The molecule has 0 radical (unpaired) electrons. The summed E-state index contributed by atoms with van der Waals surface area (Å²) in [7, 11) is 0. The van der Waals surface area contributed by atoms with Crippen LogP contribution in [-0.2, 0) is 16.1 Å². The van der Waals surface area contributed by atoms with Crippen molar-refractivity contribution in [3.63, 3.8) is 0 Å². The summed E-state index contributed by atoms with van der Waals surface area (Å²) in [5.74, 6) is -3.14. The van der Waals surface area contributed by atoms with E-state index in [1.54, 1.807) is 11.0 Å². The number of carbonyl (C=O) groups excluding carboxylic acids is 2. The third-order valence-electron chi connectivity index (χ3n) is 6.79. The second-order valence-corrected chi connectivity index (χ2v) is 9.40. The topological polar surface area (TPSA) is 103 Å². The van der Waals surface area contributed by atoms with Gasteiger partial charge in [-0.2, -0.15) is 8.78 Å². The lowest BCUT2D eigenvalue weighted by atomic mass is 10.2. The lowest BCUT2D eigenvalue weighted by Gasteiger charge is -2.25. The first-order valence-corrected chi connectivity index (χ1v) is 11.8. The SMILES string of the molecule is Nc1cccc(CN2CCN(c3c(F)cc(N4CC5(CC5NC(=O)C(F)F)OC4=O)cc3F)CCN2)c1. The monoisotopic (exact) mass is 522 g/mol. The van der Waals surface area contributed by atoms with Crippen LogP contribution < -0.4 is 26.3 Å². The van der Waals surface area contributed by atoms with Gasteiger partial charge >= 0.3 is 12.5 Å². The quantitative estimate of drug-likeness (QED) is 0.395. The average Bonchev–Trinajstić information content (AvgIpc) is 3.44. The summed E-state index contributed by atoms with van der Waals surface area (Å²) in [5, 5.41) is 4.07. The zero-order valence-electron chi connectivity index (χ0n) is 19.7. The smallest absolute Gasteiger partial charge is 0.415 e. The van der Waals surface area contributed by atoms with Gasteiger partial charge in [-0.25, -0.2) is 18.6 Å². The van der Waals surface area contributed by atoms with E-state index in [4.69, 9.17) is 10.5 Å². The Bertz CT molecular complexity index is 1190. The molecule has 9 nitrogen and oxygen atoms in total. The van der Waals surface area contributed by atoms with E-state index in [9.17, 15) is 18.4 Å². The molecule has 1 spiro atoms. The molecule has 2 aromatic rings. The third-order valence-corrected chi connectivity index (χ3v) is 6.79. The molecular formula is C24H26F4N6O3. The van der Waals surface area contributed by atoms with Crippen LogP contribution in [0.1, 0.15) is 12.0 Å². The van der Waals surface area contributed by atoms with Gasteiger partial charge < -0.3 is 20.7 Å². The van der Waals surface area contributed by atoms with Crippen molar-refractivity contribution in [2.24, 2.45) is 0 Å². The van der Waals surface area contributed by atoms with Gasteiger partial charge in [0, 0.05) is 57.0 Å². The molecule has 2 aliphatic heterocycles. The van der Waals surface area contributed by atoms with E-state index < -0.39 is 41.7 Å². The van der Waals surface area contributed by atoms with Crippen molar-refractivity contribution in [3.05, 3.63) is 53.6 Å². The van der Waals surface area contributed by atoms with Crippen molar-refractivity contribution in [3.8, 4) is 0 Å². The Morgan fingerprint density at radius 3 is 2.65 bits per heavy atom. The molecule has 5 rings (SSSR count). The Labute approximate surface area is 210 Å². The van der Waals surface area contributed by atoms with Gasteiger partial charge in [0.05, 0.1) is 18.3 Å². The molecule has 37 heavy (non-hydrogen) atoms. The summed E-state index contributed by atoms with van der Waals surface area (Å²) >= 11 is 0. The highest BCUT2D eigenvalue weighted by Crippen LogP contribution is 2.46. The number of benzene rings is 2. The van der Waals surface area contributed by atoms with Crippen LogP contribution in [0.5, 0.6) is 0 Å². The predicted octanol–water partition coefficient (Wildman–Crippen LogP) is 2.22. The number of hydrogen-bond acceptors (Lipinski definition) is 7. The van der Waals surface area contributed by atoms with Crippen LogP contribution in [0, 0.1) is 11.6 Å². The van der Waals surface area contributed by atoms with Crippen molar-refractivity contribution in [1.82, 2.24) is 15.8 Å². The van der Waals surface area contributed by atoms with Crippen LogP contribution in [0.15, 0.2) is 36.4 Å². The van der Waals surface area contributed by atoms with Crippen LogP contribution in [-0.4, -0.2) is 67.8 Å². The molecule has 2 atom stereocenters. The van der Waals surface area contributed by atoms with Gasteiger partial charge in [0.2, 0.25) is 0 Å². The number of hydrogen-bond donors (Lipinski definition) is 3.